The molecule has 0 spiro atoms. The van der Waals surface area contributed by atoms with Gasteiger partial charge in [-0.05, 0) is 51.4 Å². The molecule has 0 aromatic heterocycles. The van der Waals surface area contributed by atoms with Crippen molar-refractivity contribution in [1.29, 1.82) is 0 Å². The molecule has 4 atom stereocenters. The quantitative estimate of drug-likeness (QED) is 0.781. The van der Waals surface area contributed by atoms with Gasteiger partial charge in [0, 0.05) is 24.2 Å². The molecule has 2 aliphatic rings. The van der Waals surface area contributed by atoms with Crippen molar-refractivity contribution >= 4 is 0 Å². The van der Waals surface area contributed by atoms with E-state index in [1.807, 2.05) is 0 Å². The smallest absolute Gasteiger partial charge is 0.0337 e. The van der Waals surface area contributed by atoms with Crippen LogP contribution in [0.5, 0.6) is 0 Å². The van der Waals surface area contributed by atoms with Gasteiger partial charge in [0.15, 0.2) is 0 Å². The molecule has 1 aliphatic heterocycles. The van der Waals surface area contributed by atoms with Crippen molar-refractivity contribution in [3.05, 3.63) is 0 Å². The Balaban J connectivity index is 2.16. The molecule has 2 fully saturated rings. The van der Waals surface area contributed by atoms with Gasteiger partial charge in [0.25, 0.3) is 0 Å². The van der Waals surface area contributed by atoms with Gasteiger partial charge in [0.2, 0.25) is 0 Å². The second kappa shape index (κ2) is 6.58. The maximum absolute atomic E-state index is 6.31. The van der Waals surface area contributed by atoms with Crippen molar-refractivity contribution in [3.8, 4) is 0 Å². The molecular weight excluding hydrogens is 232 g/mol. The van der Waals surface area contributed by atoms with Crippen LogP contribution in [0.2, 0.25) is 0 Å². The molecule has 2 heteroatoms. The van der Waals surface area contributed by atoms with Crippen LogP contribution in [0, 0.1) is 5.92 Å². The van der Waals surface area contributed by atoms with Crippen molar-refractivity contribution in [2.75, 3.05) is 6.54 Å². The summed E-state index contributed by atoms with van der Waals surface area (Å²) in [6.45, 7) is 8.00. The minimum absolute atomic E-state index is 0.320. The van der Waals surface area contributed by atoms with Gasteiger partial charge in [0.05, 0.1) is 0 Å². The molecule has 2 rings (SSSR count). The molecule has 2 nitrogen and oxygen atoms in total. The lowest BCUT2D eigenvalue weighted by Gasteiger charge is -2.47. The number of hydrogen-bond donors (Lipinski definition) is 1. The van der Waals surface area contributed by atoms with E-state index in [1.54, 1.807) is 0 Å². The summed E-state index contributed by atoms with van der Waals surface area (Å²) in [4.78, 5) is 2.85. The normalized spacial score (nSPS) is 41.4. The van der Waals surface area contributed by atoms with Crippen LogP contribution in [-0.4, -0.2) is 29.1 Å². The number of nitrogens with zero attached hydrogens (tertiary/aromatic N) is 1. The molecule has 0 radical (unpaired) electrons. The minimum atomic E-state index is 0.320. The van der Waals surface area contributed by atoms with Crippen molar-refractivity contribution < 1.29 is 0 Å². The van der Waals surface area contributed by atoms with Crippen LogP contribution in [0.4, 0.5) is 0 Å². The third-order valence-corrected chi connectivity index (χ3v) is 6.03. The van der Waals surface area contributed by atoms with Gasteiger partial charge in [-0.25, -0.2) is 0 Å². The predicted molar refractivity (Wildman–Crippen MR) is 83.3 cm³/mol. The molecule has 0 bridgehead atoms. The molecule has 1 saturated carbocycles. The number of rotatable bonds is 4. The summed E-state index contributed by atoms with van der Waals surface area (Å²) in [6, 6.07) is 1.53. The lowest BCUT2D eigenvalue weighted by molar-refractivity contribution is 0.0323. The fraction of sp³-hybridized carbons (Fsp3) is 1.00. The van der Waals surface area contributed by atoms with Crippen LogP contribution in [0.3, 0.4) is 0 Å². The molecule has 1 aliphatic carbocycles. The van der Waals surface area contributed by atoms with Gasteiger partial charge in [0.1, 0.15) is 0 Å². The fourth-order valence-corrected chi connectivity index (χ4v) is 4.77. The van der Waals surface area contributed by atoms with E-state index >= 15 is 0 Å². The zero-order valence-electron chi connectivity index (χ0n) is 13.3. The SMILES string of the molecule is CCC1CCCC(CN)(N2C(C)CCC2CC)CC1. The standard InChI is InChI=1S/C17H34N2/c1-4-15-7-6-11-17(13-18,12-10-15)19-14(3)8-9-16(19)5-2/h14-16H,4-13,18H2,1-3H3. The highest BCUT2D eigenvalue weighted by molar-refractivity contribution is 5.01. The molecule has 0 amide bonds. The Hall–Kier alpha value is -0.0800. The van der Waals surface area contributed by atoms with Crippen LogP contribution in [0.15, 0.2) is 0 Å². The van der Waals surface area contributed by atoms with E-state index in [0.717, 1.165) is 24.5 Å². The summed E-state index contributed by atoms with van der Waals surface area (Å²) in [5, 5.41) is 0. The maximum atomic E-state index is 6.31. The summed E-state index contributed by atoms with van der Waals surface area (Å²) >= 11 is 0. The fourth-order valence-electron chi connectivity index (χ4n) is 4.77. The summed E-state index contributed by atoms with van der Waals surface area (Å²) < 4.78 is 0. The topological polar surface area (TPSA) is 29.3 Å². The molecule has 112 valence electrons. The average molecular weight is 266 g/mol. The molecule has 2 N–H and O–H groups in total. The van der Waals surface area contributed by atoms with Gasteiger partial charge in [-0.1, -0.05) is 33.1 Å². The first kappa shape index (κ1) is 15.3. The maximum Gasteiger partial charge on any atom is 0.0337 e. The zero-order chi connectivity index (χ0) is 13.9. The Morgan fingerprint density at radius 3 is 2.47 bits per heavy atom. The van der Waals surface area contributed by atoms with E-state index in [2.05, 4.69) is 25.7 Å². The van der Waals surface area contributed by atoms with Gasteiger partial charge in [-0.3, -0.25) is 4.90 Å². The molecule has 4 unspecified atom stereocenters. The van der Waals surface area contributed by atoms with Crippen molar-refractivity contribution in [3.63, 3.8) is 0 Å². The lowest BCUT2D eigenvalue weighted by atomic mass is 9.85. The largest absolute Gasteiger partial charge is 0.329 e. The second-order valence-electron chi connectivity index (χ2n) is 7.03. The molecular formula is C17H34N2. The van der Waals surface area contributed by atoms with E-state index in [4.69, 9.17) is 5.73 Å². The zero-order valence-corrected chi connectivity index (χ0v) is 13.3. The molecule has 0 aromatic carbocycles. The van der Waals surface area contributed by atoms with Gasteiger partial charge >= 0.3 is 0 Å². The Morgan fingerprint density at radius 1 is 1.05 bits per heavy atom. The average Bonchev–Trinajstić information content (AvgIpc) is 2.70. The van der Waals surface area contributed by atoms with Crippen LogP contribution < -0.4 is 5.73 Å². The van der Waals surface area contributed by atoms with Crippen LogP contribution in [0.25, 0.3) is 0 Å². The van der Waals surface area contributed by atoms with Gasteiger partial charge < -0.3 is 5.73 Å². The van der Waals surface area contributed by atoms with Crippen molar-refractivity contribution in [2.24, 2.45) is 11.7 Å². The Kier molecular flexibility index (Phi) is 5.30. The molecule has 0 aromatic rings. The van der Waals surface area contributed by atoms with E-state index in [0.29, 0.717) is 5.54 Å². The Labute approximate surface area is 120 Å². The Morgan fingerprint density at radius 2 is 1.84 bits per heavy atom. The first-order valence-corrected chi connectivity index (χ1v) is 8.65. The van der Waals surface area contributed by atoms with E-state index in [-0.39, 0.29) is 0 Å². The molecule has 1 saturated heterocycles. The summed E-state index contributed by atoms with van der Waals surface area (Å²) in [5.74, 6) is 0.950. The van der Waals surface area contributed by atoms with Gasteiger partial charge in [-0.15, -0.1) is 0 Å². The van der Waals surface area contributed by atoms with E-state index in [1.165, 1.54) is 57.8 Å². The van der Waals surface area contributed by atoms with Crippen molar-refractivity contribution in [1.82, 2.24) is 4.90 Å². The van der Waals surface area contributed by atoms with Crippen LogP contribution in [-0.2, 0) is 0 Å². The summed E-state index contributed by atoms with van der Waals surface area (Å²) in [6.07, 6.45) is 12.3. The molecule has 1 heterocycles. The van der Waals surface area contributed by atoms with Crippen LogP contribution in [0.1, 0.15) is 78.6 Å². The predicted octanol–water partition coefficient (Wildman–Crippen LogP) is 3.94. The highest BCUT2D eigenvalue weighted by atomic mass is 15.3. The van der Waals surface area contributed by atoms with E-state index < -0.39 is 0 Å². The third-order valence-electron chi connectivity index (χ3n) is 6.03. The first-order chi connectivity index (χ1) is 9.16. The number of likely N-dealkylation sites (tertiary alicyclic amines) is 1. The highest BCUT2D eigenvalue weighted by Gasteiger charge is 2.44. The highest BCUT2D eigenvalue weighted by Crippen LogP contribution is 2.42. The summed E-state index contributed by atoms with van der Waals surface area (Å²) in [5.41, 5.74) is 6.63. The molecule has 19 heavy (non-hydrogen) atoms. The first-order valence-electron chi connectivity index (χ1n) is 8.65. The van der Waals surface area contributed by atoms with Gasteiger partial charge in [-0.2, -0.15) is 0 Å². The monoisotopic (exact) mass is 266 g/mol. The number of hydrogen-bond acceptors (Lipinski definition) is 2. The van der Waals surface area contributed by atoms with E-state index in [9.17, 15) is 0 Å². The van der Waals surface area contributed by atoms with Crippen LogP contribution >= 0.6 is 0 Å². The third kappa shape index (κ3) is 3.00. The van der Waals surface area contributed by atoms with Crippen molar-refractivity contribution in [2.45, 2.75) is 96.2 Å². The minimum Gasteiger partial charge on any atom is -0.329 e. The second-order valence-corrected chi connectivity index (χ2v) is 7.03. The summed E-state index contributed by atoms with van der Waals surface area (Å²) in [7, 11) is 0. The lowest BCUT2D eigenvalue weighted by Crippen LogP contribution is -2.57. The number of nitrogens with two attached hydrogens (primary N) is 1. The Bertz CT molecular complexity index is 278.